The highest BCUT2D eigenvalue weighted by Crippen LogP contribution is 2.29. The number of aryl methyl sites for hydroxylation is 2. The Labute approximate surface area is 123 Å². The SMILES string of the molecule is Cc1ccc(C(N)c2cc3cc(Cl)ccc3o2)cc1C. The Morgan fingerprint density at radius 3 is 2.55 bits per heavy atom. The summed E-state index contributed by atoms with van der Waals surface area (Å²) in [5.74, 6) is 0.755. The smallest absolute Gasteiger partial charge is 0.134 e. The Balaban J connectivity index is 2.02. The molecule has 2 aromatic carbocycles. The summed E-state index contributed by atoms with van der Waals surface area (Å²) >= 11 is 5.99. The van der Waals surface area contributed by atoms with E-state index in [-0.39, 0.29) is 6.04 Å². The van der Waals surface area contributed by atoms with Gasteiger partial charge < -0.3 is 10.2 Å². The molecule has 1 heterocycles. The molecule has 2 nitrogen and oxygen atoms in total. The zero-order chi connectivity index (χ0) is 14.3. The van der Waals surface area contributed by atoms with Crippen LogP contribution in [0.25, 0.3) is 11.0 Å². The molecule has 0 aliphatic rings. The number of hydrogen-bond donors (Lipinski definition) is 1. The Hall–Kier alpha value is -1.77. The van der Waals surface area contributed by atoms with E-state index in [0.29, 0.717) is 5.02 Å². The van der Waals surface area contributed by atoms with Crippen LogP contribution in [0.5, 0.6) is 0 Å². The molecule has 1 unspecified atom stereocenters. The van der Waals surface area contributed by atoms with E-state index in [2.05, 4.69) is 26.0 Å². The second-order valence-electron chi connectivity index (χ2n) is 5.15. The number of benzene rings is 2. The molecule has 0 spiro atoms. The monoisotopic (exact) mass is 285 g/mol. The van der Waals surface area contributed by atoms with Crippen molar-refractivity contribution in [3.05, 3.63) is 69.9 Å². The molecule has 2 N–H and O–H groups in total. The second-order valence-corrected chi connectivity index (χ2v) is 5.59. The van der Waals surface area contributed by atoms with Gasteiger partial charge in [0.05, 0.1) is 6.04 Å². The van der Waals surface area contributed by atoms with Crippen LogP contribution in [-0.2, 0) is 0 Å². The molecule has 1 aromatic heterocycles. The molecular formula is C17H16ClNO. The predicted molar refractivity (Wildman–Crippen MR) is 83.2 cm³/mol. The Morgan fingerprint density at radius 1 is 1.00 bits per heavy atom. The molecule has 102 valence electrons. The summed E-state index contributed by atoms with van der Waals surface area (Å²) in [5, 5.41) is 1.68. The van der Waals surface area contributed by atoms with Crippen LogP contribution >= 0.6 is 11.6 Å². The maximum absolute atomic E-state index is 6.31. The maximum atomic E-state index is 6.31. The fraction of sp³-hybridized carbons (Fsp3) is 0.176. The van der Waals surface area contributed by atoms with E-state index in [1.54, 1.807) is 0 Å². The fourth-order valence-corrected chi connectivity index (χ4v) is 2.49. The number of nitrogens with two attached hydrogens (primary N) is 1. The molecule has 0 amide bonds. The molecule has 0 fully saturated rings. The predicted octanol–water partition coefficient (Wildman–Crippen LogP) is 4.75. The Morgan fingerprint density at radius 2 is 1.80 bits per heavy atom. The van der Waals surface area contributed by atoms with Crippen molar-refractivity contribution in [3.63, 3.8) is 0 Å². The molecule has 3 heteroatoms. The van der Waals surface area contributed by atoms with Gasteiger partial charge in [0.25, 0.3) is 0 Å². The molecule has 20 heavy (non-hydrogen) atoms. The zero-order valence-electron chi connectivity index (χ0n) is 11.5. The van der Waals surface area contributed by atoms with Crippen LogP contribution < -0.4 is 5.73 Å². The molecule has 0 radical (unpaired) electrons. The normalized spacial score (nSPS) is 12.8. The lowest BCUT2D eigenvalue weighted by atomic mass is 10.00. The summed E-state index contributed by atoms with van der Waals surface area (Å²) in [5.41, 5.74) is 10.7. The van der Waals surface area contributed by atoms with Crippen molar-refractivity contribution >= 4 is 22.6 Å². The van der Waals surface area contributed by atoms with Gasteiger partial charge in [-0.25, -0.2) is 0 Å². The van der Waals surface area contributed by atoms with E-state index in [1.165, 1.54) is 11.1 Å². The minimum Gasteiger partial charge on any atom is -0.459 e. The molecule has 1 atom stereocenters. The van der Waals surface area contributed by atoms with Gasteiger partial charge in [0.2, 0.25) is 0 Å². The fourth-order valence-electron chi connectivity index (χ4n) is 2.31. The van der Waals surface area contributed by atoms with Gasteiger partial charge >= 0.3 is 0 Å². The van der Waals surface area contributed by atoms with Crippen molar-refractivity contribution in [2.24, 2.45) is 5.73 Å². The third-order valence-electron chi connectivity index (χ3n) is 3.69. The lowest BCUT2D eigenvalue weighted by Crippen LogP contribution is -2.11. The van der Waals surface area contributed by atoms with Crippen molar-refractivity contribution in [1.82, 2.24) is 0 Å². The van der Waals surface area contributed by atoms with Crippen molar-refractivity contribution in [1.29, 1.82) is 0 Å². The Kier molecular flexibility index (Phi) is 3.28. The first-order valence-electron chi connectivity index (χ1n) is 6.56. The highest BCUT2D eigenvalue weighted by molar-refractivity contribution is 6.31. The molecule has 0 saturated heterocycles. The van der Waals surface area contributed by atoms with Crippen LogP contribution in [0, 0.1) is 13.8 Å². The first-order chi connectivity index (χ1) is 9.54. The van der Waals surface area contributed by atoms with Crippen molar-refractivity contribution in [2.75, 3.05) is 0 Å². The number of halogens is 1. The summed E-state index contributed by atoms with van der Waals surface area (Å²) < 4.78 is 5.83. The van der Waals surface area contributed by atoms with Crippen LogP contribution in [0.3, 0.4) is 0 Å². The highest BCUT2D eigenvalue weighted by Gasteiger charge is 2.15. The summed E-state index contributed by atoms with van der Waals surface area (Å²) in [7, 11) is 0. The van der Waals surface area contributed by atoms with Crippen LogP contribution in [0.4, 0.5) is 0 Å². The molecule has 3 aromatic rings. The van der Waals surface area contributed by atoms with Crippen LogP contribution in [0.15, 0.2) is 46.9 Å². The number of furan rings is 1. The minimum atomic E-state index is -0.263. The van der Waals surface area contributed by atoms with Gasteiger partial charge in [0, 0.05) is 10.4 Å². The quantitative estimate of drug-likeness (QED) is 0.738. The highest BCUT2D eigenvalue weighted by atomic mass is 35.5. The van der Waals surface area contributed by atoms with E-state index in [9.17, 15) is 0 Å². The molecule has 0 aliphatic carbocycles. The standard InChI is InChI=1S/C17H16ClNO/c1-10-3-4-12(7-11(10)2)17(19)16-9-13-8-14(18)5-6-15(13)20-16/h3-9,17H,19H2,1-2H3. The molecule has 0 aliphatic heterocycles. The van der Waals surface area contributed by atoms with E-state index < -0.39 is 0 Å². The summed E-state index contributed by atoms with van der Waals surface area (Å²) in [4.78, 5) is 0. The van der Waals surface area contributed by atoms with Gasteiger partial charge in [0.1, 0.15) is 11.3 Å². The van der Waals surface area contributed by atoms with Gasteiger partial charge in [-0.15, -0.1) is 0 Å². The number of rotatable bonds is 2. The first-order valence-corrected chi connectivity index (χ1v) is 6.94. The molecule has 3 rings (SSSR count). The van der Waals surface area contributed by atoms with E-state index in [4.69, 9.17) is 21.8 Å². The third kappa shape index (κ3) is 2.33. The summed E-state index contributed by atoms with van der Waals surface area (Å²) in [6.07, 6.45) is 0. The lowest BCUT2D eigenvalue weighted by molar-refractivity contribution is 0.525. The minimum absolute atomic E-state index is 0.263. The number of fused-ring (bicyclic) bond motifs is 1. The van der Waals surface area contributed by atoms with E-state index in [1.807, 2.05) is 30.3 Å². The topological polar surface area (TPSA) is 39.2 Å². The second kappa shape index (κ2) is 4.97. The van der Waals surface area contributed by atoms with Crippen LogP contribution in [-0.4, -0.2) is 0 Å². The van der Waals surface area contributed by atoms with Gasteiger partial charge in [-0.1, -0.05) is 29.8 Å². The van der Waals surface area contributed by atoms with Crippen LogP contribution in [0.1, 0.15) is 28.5 Å². The third-order valence-corrected chi connectivity index (χ3v) is 3.93. The van der Waals surface area contributed by atoms with Gasteiger partial charge in [-0.2, -0.15) is 0 Å². The van der Waals surface area contributed by atoms with Crippen molar-refractivity contribution in [3.8, 4) is 0 Å². The van der Waals surface area contributed by atoms with Crippen molar-refractivity contribution in [2.45, 2.75) is 19.9 Å². The molecule has 0 saturated carbocycles. The zero-order valence-corrected chi connectivity index (χ0v) is 12.2. The van der Waals surface area contributed by atoms with E-state index >= 15 is 0 Å². The maximum Gasteiger partial charge on any atom is 0.134 e. The average Bonchev–Trinajstić information content (AvgIpc) is 2.84. The average molecular weight is 286 g/mol. The largest absolute Gasteiger partial charge is 0.459 e. The first kappa shape index (κ1) is 13.2. The summed E-state index contributed by atoms with van der Waals surface area (Å²) in [6.45, 7) is 4.18. The molecular weight excluding hydrogens is 270 g/mol. The van der Waals surface area contributed by atoms with E-state index in [0.717, 1.165) is 22.3 Å². The lowest BCUT2D eigenvalue weighted by Gasteiger charge is -2.11. The summed E-state index contributed by atoms with van der Waals surface area (Å²) in [6, 6.07) is 13.5. The van der Waals surface area contributed by atoms with Gasteiger partial charge in [-0.05, 0) is 54.8 Å². The van der Waals surface area contributed by atoms with Crippen LogP contribution in [0.2, 0.25) is 5.02 Å². The van der Waals surface area contributed by atoms with Gasteiger partial charge in [-0.3, -0.25) is 0 Å². The van der Waals surface area contributed by atoms with Gasteiger partial charge in [0.15, 0.2) is 0 Å². The number of hydrogen-bond acceptors (Lipinski definition) is 2. The van der Waals surface area contributed by atoms with Crippen molar-refractivity contribution < 1.29 is 4.42 Å². The Bertz CT molecular complexity index is 776. The molecule has 0 bridgehead atoms.